The van der Waals surface area contributed by atoms with E-state index in [1.807, 2.05) is 36.2 Å². The lowest BCUT2D eigenvalue weighted by Gasteiger charge is -2.44. The zero-order valence-electron chi connectivity index (χ0n) is 14.6. The molecule has 0 heterocycles. The first kappa shape index (κ1) is 19.1. The molecule has 5 heteroatoms. The van der Waals surface area contributed by atoms with Crippen molar-refractivity contribution in [3.05, 3.63) is 29.8 Å². The molecule has 0 aromatic heterocycles. The molecule has 2 aliphatic carbocycles. The van der Waals surface area contributed by atoms with Gasteiger partial charge < -0.3 is 15.4 Å². The van der Waals surface area contributed by atoms with Crippen LogP contribution in [0, 0.1) is 17.8 Å². The Labute approximate surface area is 151 Å². The van der Waals surface area contributed by atoms with Crippen molar-refractivity contribution in [2.24, 2.45) is 23.5 Å². The number of benzene rings is 1. The number of hydrogen-bond donors (Lipinski definition) is 1. The van der Waals surface area contributed by atoms with Crippen molar-refractivity contribution in [1.82, 2.24) is 4.90 Å². The maximum atomic E-state index is 12.9. The van der Waals surface area contributed by atoms with E-state index in [4.69, 9.17) is 10.5 Å². The lowest BCUT2D eigenvalue weighted by atomic mass is 9.65. The molecule has 2 unspecified atom stereocenters. The van der Waals surface area contributed by atoms with Gasteiger partial charge >= 0.3 is 0 Å². The van der Waals surface area contributed by atoms with Crippen LogP contribution in [-0.4, -0.2) is 31.0 Å². The number of nitrogens with zero attached hydrogens (tertiary/aromatic N) is 1. The van der Waals surface area contributed by atoms with Gasteiger partial charge in [0.2, 0.25) is 5.91 Å². The predicted molar refractivity (Wildman–Crippen MR) is 98.2 cm³/mol. The zero-order valence-corrected chi connectivity index (χ0v) is 15.4. The third-order valence-electron chi connectivity index (χ3n) is 5.74. The minimum absolute atomic E-state index is 0. The zero-order chi connectivity index (χ0) is 16.4. The fourth-order valence-electron chi connectivity index (χ4n) is 4.47. The fraction of sp³-hybridized carbons (Fsp3) is 0.632. The average Bonchev–Trinajstić information content (AvgIpc) is 2.54. The topological polar surface area (TPSA) is 55.6 Å². The van der Waals surface area contributed by atoms with E-state index in [-0.39, 0.29) is 24.2 Å². The highest BCUT2D eigenvalue weighted by Crippen LogP contribution is 2.42. The molecule has 4 nitrogen and oxygen atoms in total. The van der Waals surface area contributed by atoms with E-state index >= 15 is 0 Å². The Hall–Kier alpha value is -1.26. The molecule has 2 aliphatic rings. The summed E-state index contributed by atoms with van der Waals surface area (Å²) in [6, 6.07) is 8.21. The molecule has 2 atom stereocenters. The van der Waals surface area contributed by atoms with Gasteiger partial charge in [-0.2, -0.15) is 0 Å². The smallest absolute Gasteiger partial charge is 0.225 e. The molecule has 2 bridgehead atoms. The normalized spacial score (nSPS) is 28.6. The van der Waals surface area contributed by atoms with Gasteiger partial charge in [-0.3, -0.25) is 4.79 Å². The van der Waals surface area contributed by atoms with Crippen molar-refractivity contribution in [3.8, 4) is 5.75 Å². The number of nitrogens with two attached hydrogens (primary N) is 1. The number of ether oxygens (including phenoxy) is 1. The van der Waals surface area contributed by atoms with Gasteiger partial charge in [0.15, 0.2) is 0 Å². The highest BCUT2D eigenvalue weighted by atomic mass is 35.5. The Kier molecular flexibility index (Phi) is 6.53. The number of fused-ring (bicyclic) bond motifs is 2. The molecule has 1 amide bonds. The molecule has 0 spiro atoms. The summed E-state index contributed by atoms with van der Waals surface area (Å²) in [4.78, 5) is 14.7. The molecule has 3 rings (SSSR count). The van der Waals surface area contributed by atoms with Crippen molar-refractivity contribution in [1.29, 1.82) is 0 Å². The summed E-state index contributed by atoms with van der Waals surface area (Å²) < 4.78 is 5.39. The van der Waals surface area contributed by atoms with Gasteiger partial charge in [-0.05, 0) is 43.6 Å². The summed E-state index contributed by atoms with van der Waals surface area (Å²) in [5.41, 5.74) is 7.40. The Bertz CT molecular complexity index is 552. The number of methoxy groups -OCH3 is 1. The Morgan fingerprint density at radius 1 is 1.25 bits per heavy atom. The van der Waals surface area contributed by atoms with Crippen LogP contribution in [0.3, 0.4) is 0 Å². The first-order chi connectivity index (χ1) is 11.1. The van der Waals surface area contributed by atoms with E-state index in [1.165, 1.54) is 19.3 Å². The molecule has 0 saturated heterocycles. The van der Waals surface area contributed by atoms with Gasteiger partial charge in [-0.1, -0.05) is 24.6 Å². The molecule has 24 heavy (non-hydrogen) atoms. The first-order valence-corrected chi connectivity index (χ1v) is 8.72. The molecule has 2 N–H and O–H groups in total. The second-order valence-electron chi connectivity index (χ2n) is 7.20. The Balaban J connectivity index is 0.00000208. The molecule has 0 aliphatic heterocycles. The van der Waals surface area contributed by atoms with Gasteiger partial charge in [0.05, 0.1) is 7.11 Å². The van der Waals surface area contributed by atoms with Gasteiger partial charge in [0, 0.05) is 31.1 Å². The van der Waals surface area contributed by atoms with Crippen molar-refractivity contribution < 1.29 is 9.53 Å². The van der Waals surface area contributed by atoms with Crippen LogP contribution in [0.25, 0.3) is 0 Å². The average molecular weight is 353 g/mol. The number of rotatable bonds is 4. The molecule has 1 aromatic carbocycles. The second-order valence-corrected chi connectivity index (χ2v) is 7.20. The number of halogens is 1. The third-order valence-corrected chi connectivity index (χ3v) is 5.74. The van der Waals surface area contributed by atoms with Crippen molar-refractivity contribution in [2.45, 2.75) is 44.7 Å². The number of amides is 1. The van der Waals surface area contributed by atoms with Gasteiger partial charge in [0.1, 0.15) is 5.75 Å². The summed E-state index contributed by atoms with van der Waals surface area (Å²) in [6.45, 7) is 0.598. The van der Waals surface area contributed by atoms with E-state index in [1.54, 1.807) is 7.11 Å². The van der Waals surface area contributed by atoms with Crippen LogP contribution < -0.4 is 10.5 Å². The summed E-state index contributed by atoms with van der Waals surface area (Å²) in [6.07, 6.45) is 5.59. The van der Waals surface area contributed by atoms with Crippen LogP contribution in [0.1, 0.15) is 37.7 Å². The summed E-state index contributed by atoms with van der Waals surface area (Å²) >= 11 is 0. The van der Waals surface area contributed by atoms with Gasteiger partial charge in [0.25, 0.3) is 0 Å². The summed E-state index contributed by atoms with van der Waals surface area (Å²) in [5, 5.41) is 0. The maximum Gasteiger partial charge on any atom is 0.225 e. The van der Waals surface area contributed by atoms with Crippen LogP contribution in [-0.2, 0) is 11.3 Å². The summed E-state index contributed by atoms with van der Waals surface area (Å²) in [7, 11) is 3.57. The number of carbonyl (C=O) groups is 1. The molecule has 0 radical (unpaired) electrons. The maximum absolute atomic E-state index is 12.9. The van der Waals surface area contributed by atoms with Gasteiger partial charge in [-0.15, -0.1) is 12.4 Å². The molecule has 1 aromatic rings. The van der Waals surface area contributed by atoms with Crippen LogP contribution in [0.2, 0.25) is 0 Å². The second kappa shape index (κ2) is 8.21. The third kappa shape index (κ3) is 3.86. The van der Waals surface area contributed by atoms with Crippen molar-refractivity contribution in [2.75, 3.05) is 14.2 Å². The Morgan fingerprint density at radius 2 is 1.88 bits per heavy atom. The lowest BCUT2D eigenvalue weighted by molar-refractivity contribution is -0.137. The van der Waals surface area contributed by atoms with E-state index in [0.717, 1.165) is 24.2 Å². The molecular formula is C19H29ClN2O2. The van der Waals surface area contributed by atoms with E-state index in [0.29, 0.717) is 24.4 Å². The van der Waals surface area contributed by atoms with E-state index in [9.17, 15) is 4.79 Å². The number of carbonyl (C=O) groups excluding carboxylic acids is 1. The van der Waals surface area contributed by atoms with E-state index < -0.39 is 0 Å². The minimum Gasteiger partial charge on any atom is -0.496 e. The van der Waals surface area contributed by atoms with Crippen LogP contribution in [0.5, 0.6) is 5.75 Å². The number of para-hydroxylation sites is 1. The monoisotopic (exact) mass is 352 g/mol. The van der Waals surface area contributed by atoms with Crippen molar-refractivity contribution >= 4 is 18.3 Å². The highest BCUT2D eigenvalue weighted by Gasteiger charge is 2.41. The predicted octanol–water partition coefficient (Wildman–Crippen LogP) is 3.23. The summed E-state index contributed by atoms with van der Waals surface area (Å²) in [5.74, 6) is 2.33. The highest BCUT2D eigenvalue weighted by molar-refractivity contribution is 5.85. The standard InChI is InChI=1S/C19H28N2O2.ClH/c1-21(12-15-6-3-4-9-17(15)23-2)19(22)16-10-13-7-5-8-14(11-16)18(13)20;/h3-4,6,9,13-14,16,18H,5,7-8,10-12,20H2,1-2H3;1H. The van der Waals surface area contributed by atoms with Gasteiger partial charge in [-0.25, -0.2) is 0 Å². The van der Waals surface area contributed by atoms with Crippen molar-refractivity contribution in [3.63, 3.8) is 0 Å². The fourth-order valence-corrected chi connectivity index (χ4v) is 4.47. The molecular weight excluding hydrogens is 324 g/mol. The van der Waals surface area contributed by atoms with Crippen LogP contribution in [0.4, 0.5) is 0 Å². The van der Waals surface area contributed by atoms with E-state index in [2.05, 4.69) is 0 Å². The Morgan fingerprint density at radius 3 is 2.50 bits per heavy atom. The molecule has 134 valence electrons. The number of hydrogen-bond acceptors (Lipinski definition) is 3. The largest absolute Gasteiger partial charge is 0.496 e. The van der Waals surface area contributed by atoms with Crippen LogP contribution in [0.15, 0.2) is 24.3 Å². The quantitative estimate of drug-likeness (QED) is 0.905. The van der Waals surface area contributed by atoms with Crippen LogP contribution >= 0.6 is 12.4 Å². The first-order valence-electron chi connectivity index (χ1n) is 8.72. The molecule has 2 fully saturated rings. The SMILES string of the molecule is COc1ccccc1CN(C)C(=O)C1CC2CCCC(C1)C2N.Cl. The lowest BCUT2D eigenvalue weighted by Crippen LogP contribution is -2.49. The molecule has 2 saturated carbocycles. The minimum atomic E-state index is 0.